The van der Waals surface area contributed by atoms with Gasteiger partial charge >= 0.3 is 7.12 Å². The summed E-state index contributed by atoms with van der Waals surface area (Å²) in [4.78, 5) is 0. The van der Waals surface area contributed by atoms with Crippen LogP contribution in [-0.4, -0.2) is 17.2 Å². The van der Waals surface area contributed by atoms with Crippen molar-refractivity contribution in [2.75, 3.05) is 0 Å². The molecule has 0 unspecified atom stereocenters. The lowest BCUT2D eigenvalue weighted by Gasteiger charge is -2.19. The van der Waals surface area contributed by atoms with Crippen molar-refractivity contribution in [3.63, 3.8) is 0 Å². The lowest BCUT2D eigenvalue weighted by molar-refractivity contribution is 0.426. The van der Waals surface area contributed by atoms with Gasteiger partial charge in [-0.1, -0.05) is 127 Å². The van der Waals surface area contributed by atoms with Crippen LogP contribution in [0.2, 0.25) is 0 Å². The van der Waals surface area contributed by atoms with Crippen molar-refractivity contribution in [2.24, 2.45) is 0 Å². The Kier molecular flexibility index (Phi) is 5.07. The molecule has 7 aromatic carbocycles. The highest BCUT2D eigenvalue weighted by Gasteiger charge is 2.23. The van der Waals surface area contributed by atoms with Gasteiger partial charge in [0.15, 0.2) is 0 Å². The molecule has 7 aromatic rings. The zero-order chi connectivity index (χ0) is 24.9. The van der Waals surface area contributed by atoms with Crippen LogP contribution in [0.4, 0.5) is 0 Å². The predicted molar refractivity (Wildman–Crippen MR) is 157 cm³/mol. The minimum absolute atomic E-state index is 0.548. The van der Waals surface area contributed by atoms with Gasteiger partial charge in [0.2, 0.25) is 0 Å². The molecule has 0 saturated heterocycles. The largest absolute Gasteiger partial charge is 0.489 e. The van der Waals surface area contributed by atoms with Crippen molar-refractivity contribution >= 4 is 55.7 Å². The minimum atomic E-state index is -1.56. The van der Waals surface area contributed by atoms with Crippen molar-refractivity contribution in [2.45, 2.75) is 0 Å². The summed E-state index contributed by atoms with van der Waals surface area (Å²) in [5.41, 5.74) is 5.20. The third kappa shape index (κ3) is 3.36. The highest BCUT2D eigenvalue weighted by atomic mass is 16.4. The SMILES string of the molecule is OB(O)c1c2ccccc2c(-c2ccc(-c3cccc4ccccc34)c3ccccc23)c2ccccc12. The zero-order valence-electron chi connectivity index (χ0n) is 20.1. The molecule has 0 fully saturated rings. The molecular weight excluding hydrogens is 451 g/mol. The number of fused-ring (bicyclic) bond motifs is 4. The van der Waals surface area contributed by atoms with Gasteiger partial charge in [-0.2, -0.15) is 0 Å². The van der Waals surface area contributed by atoms with Crippen molar-refractivity contribution in [1.82, 2.24) is 0 Å². The summed E-state index contributed by atoms with van der Waals surface area (Å²) in [6.45, 7) is 0. The van der Waals surface area contributed by atoms with E-state index < -0.39 is 7.12 Å². The molecule has 0 aromatic heterocycles. The van der Waals surface area contributed by atoms with Crippen LogP contribution < -0.4 is 5.46 Å². The highest BCUT2D eigenvalue weighted by molar-refractivity contribution is 6.66. The molecule has 2 N–H and O–H groups in total. The van der Waals surface area contributed by atoms with Crippen LogP contribution in [0.25, 0.3) is 65.3 Å². The van der Waals surface area contributed by atoms with Gasteiger partial charge in [-0.15, -0.1) is 0 Å². The molecule has 0 aliphatic rings. The second kappa shape index (κ2) is 8.60. The first-order chi connectivity index (χ1) is 18.2. The third-order valence-electron chi connectivity index (χ3n) is 7.50. The topological polar surface area (TPSA) is 40.5 Å². The van der Waals surface area contributed by atoms with Crippen LogP contribution in [0.3, 0.4) is 0 Å². The molecule has 7 rings (SSSR count). The molecule has 0 heterocycles. The quantitative estimate of drug-likeness (QED) is 0.208. The van der Waals surface area contributed by atoms with Crippen LogP contribution >= 0.6 is 0 Å². The summed E-state index contributed by atoms with van der Waals surface area (Å²) in [7, 11) is -1.56. The maximum Gasteiger partial charge on any atom is 0.489 e. The van der Waals surface area contributed by atoms with E-state index in [9.17, 15) is 10.0 Å². The smallest absolute Gasteiger partial charge is 0.423 e. The molecule has 0 bridgehead atoms. The Hall–Kier alpha value is -4.44. The van der Waals surface area contributed by atoms with Crippen LogP contribution in [0.1, 0.15) is 0 Å². The third-order valence-corrected chi connectivity index (χ3v) is 7.50. The van der Waals surface area contributed by atoms with E-state index in [4.69, 9.17) is 0 Å². The molecule has 0 saturated carbocycles. The average molecular weight is 474 g/mol. The van der Waals surface area contributed by atoms with Crippen molar-refractivity contribution in [3.8, 4) is 22.3 Å². The van der Waals surface area contributed by atoms with Crippen LogP contribution in [0.5, 0.6) is 0 Å². The molecule has 2 nitrogen and oxygen atoms in total. The molecule has 0 atom stereocenters. The van der Waals surface area contributed by atoms with Crippen molar-refractivity contribution in [1.29, 1.82) is 0 Å². The normalized spacial score (nSPS) is 11.5. The Labute approximate surface area is 215 Å². The molecule has 37 heavy (non-hydrogen) atoms. The van der Waals surface area contributed by atoms with Gasteiger partial charge in [-0.05, 0) is 70.8 Å². The first-order valence-electron chi connectivity index (χ1n) is 12.5. The van der Waals surface area contributed by atoms with Gasteiger partial charge in [0.25, 0.3) is 0 Å². The lowest BCUT2D eigenvalue weighted by Crippen LogP contribution is -2.31. The molecular formula is C34H23BO2. The maximum absolute atomic E-state index is 10.4. The van der Waals surface area contributed by atoms with Crippen LogP contribution in [0.15, 0.2) is 127 Å². The van der Waals surface area contributed by atoms with Gasteiger partial charge in [-0.3, -0.25) is 0 Å². The molecule has 0 amide bonds. The van der Waals surface area contributed by atoms with Crippen molar-refractivity contribution in [3.05, 3.63) is 127 Å². The Morgan fingerprint density at radius 1 is 0.351 bits per heavy atom. The molecule has 0 spiro atoms. The number of benzene rings is 7. The summed E-state index contributed by atoms with van der Waals surface area (Å²) in [6.07, 6.45) is 0. The van der Waals surface area contributed by atoms with Crippen LogP contribution in [-0.2, 0) is 0 Å². The Morgan fingerprint density at radius 3 is 1.41 bits per heavy atom. The lowest BCUT2D eigenvalue weighted by atomic mass is 9.72. The maximum atomic E-state index is 10.4. The van der Waals surface area contributed by atoms with E-state index in [1.54, 1.807) is 0 Å². The standard InChI is InChI=1S/C34H23BO2/c36-35(37)34-31-17-7-5-15-28(31)33(29-16-6-8-18-32(29)34)30-21-20-27(25-13-3-4-14-26(25)30)24-19-9-11-22-10-1-2-12-23(22)24/h1-21,36-37H. The summed E-state index contributed by atoms with van der Waals surface area (Å²) in [5.74, 6) is 0. The van der Waals surface area contributed by atoms with Crippen LogP contribution in [0, 0.1) is 0 Å². The molecule has 0 aliphatic carbocycles. The second-order valence-corrected chi connectivity index (χ2v) is 9.49. The molecule has 3 heteroatoms. The molecule has 0 radical (unpaired) electrons. The summed E-state index contributed by atoms with van der Waals surface area (Å²) >= 11 is 0. The summed E-state index contributed by atoms with van der Waals surface area (Å²) < 4.78 is 0. The van der Waals surface area contributed by atoms with Gasteiger partial charge in [0.05, 0.1) is 0 Å². The molecule has 174 valence electrons. The summed E-state index contributed by atoms with van der Waals surface area (Å²) in [5, 5.41) is 29.3. The highest BCUT2D eigenvalue weighted by Crippen LogP contribution is 2.42. The zero-order valence-corrected chi connectivity index (χ0v) is 20.1. The fourth-order valence-electron chi connectivity index (χ4n) is 5.94. The molecule has 0 aliphatic heterocycles. The number of rotatable bonds is 3. The first kappa shape index (κ1) is 21.8. The monoisotopic (exact) mass is 474 g/mol. The van der Waals surface area contributed by atoms with E-state index in [1.165, 1.54) is 32.7 Å². The fraction of sp³-hybridized carbons (Fsp3) is 0. The van der Waals surface area contributed by atoms with Gasteiger partial charge in [-0.25, -0.2) is 0 Å². The Bertz CT molecular complexity index is 1910. The van der Waals surface area contributed by atoms with E-state index in [1.807, 2.05) is 36.4 Å². The fourth-order valence-corrected chi connectivity index (χ4v) is 5.94. The van der Waals surface area contributed by atoms with Gasteiger partial charge in [0.1, 0.15) is 0 Å². The Morgan fingerprint density at radius 2 is 0.784 bits per heavy atom. The average Bonchev–Trinajstić information content (AvgIpc) is 2.95. The van der Waals surface area contributed by atoms with E-state index in [-0.39, 0.29) is 0 Å². The van der Waals surface area contributed by atoms with E-state index in [2.05, 4.69) is 91.0 Å². The van der Waals surface area contributed by atoms with Gasteiger partial charge in [0, 0.05) is 0 Å². The van der Waals surface area contributed by atoms with Crippen molar-refractivity contribution < 1.29 is 10.0 Å². The second-order valence-electron chi connectivity index (χ2n) is 9.49. The van der Waals surface area contributed by atoms with E-state index in [0.717, 1.165) is 32.7 Å². The predicted octanol–water partition coefficient (Wildman–Crippen LogP) is 7.31. The Balaban J connectivity index is 1.61. The minimum Gasteiger partial charge on any atom is -0.423 e. The number of hydrogen-bond donors (Lipinski definition) is 2. The first-order valence-corrected chi connectivity index (χ1v) is 12.5. The number of hydrogen-bond acceptors (Lipinski definition) is 2. The van der Waals surface area contributed by atoms with Gasteiger partial charge < -0.3 is 10.0 Å². The summed E-state index contributed by atoms with van der Waals surface area (Å²) in [6, 6.07) is 44.1. The van der Waals surface area contributed by atoms with E-state index >= 15 is 0 Å². The van der Waals surface area contributed by atoms with E-state index in [0.29, 0.717) is 5.46 Å².